The molecule has 0 aliphatic carbocycles. The van der Waals surface area contributed by atoms with Gasteiger partial charge in [-0.3, -0.25) is 0 Å². The number of fused-ring (bicyclic) bond motifs is 1. The number of hydrogen-bond donors (Lipinski definition) is 1. The van der Waals surface area contributed by atoms with Gasteiger partial charge in [-0.25, -0.2) is 9.97 Å². The fraction of sp³-hybridized carbons (Fsp3) is 0.176. The number of thiophene rings is 1. The minimum atomic E-state index is 0.324. The number of aromatic hydroxyl groups is 1. The summed E-state index contributed by atoms with van der Waals surface area (Å²) >= 11 is 1.65. The molecule has 3 heterocycles. The Morgan fingerprint density at radius 1 is 1.18 bits per heavy atom. The number of nitrogens with zero attached hydrogens (tertiary/aromatic N) is 3. The van der Waals surface area contributed by atoms with E-state index in [9.17, 15) is 5.11 Å². The standard InChI is InChI=1S/C17H15N3OS/c21-15-6-2-1-5-13(15)12-4-3-8-20(11-12)17-18-10-16-14(19-17)7-9-22-16/h1-2,4-7,9-10,21H,3,8,11H2. The highest BCUT2D eigenvalue weighted by Gasteiger charge is 2.18. The quantitative estimate of drug-likeness (QED) is 0.784. The van der Waals surface area contributed by atoms with Gasteiger partial charge in [0.25, 0.3) is 0 Å². The van der Waals surface area contributed by atoms with E-state index in [0.29, 0.717) is 12.3 Å². The van der Waals surface area contributed by atoms with Crippen LogP contribution in [0.1, 0.15) is 12.0 Å². The molecule has 1 aliphatic heterocycles. The van der Waals surface area contributed by atoms with Crippen LogP contribution in [0.25, 0.3) is 15.8 Å². The molecule has 1 aromatic carbocycles. The zero-order valence-electron chi connectivity index (χ0n) is 11.9. The predicted molar refractivity (Wildman–Crippen MR) is 90.3 cm³/mol. The van der Waals surface area contributed by atoms with Gasteiger partial charge in [0.15, 0.2) is 0 Å². The molecule has 4 rings (SSSR count). The van der Waals surface area contributed by atoms with Crippen molar-refractivity contribution in [3.8, 4) is 5.75 Å². The molecule has 2 aromatic heterocycles. The molecule has 0 spiro atoms. The topological polar surface area (TPSA) is 49.2 Å². The molecule has 3 aromatic rings. The van der Waals surface area contributed by atoms with Gasteiger partial charge in [0.05, 0.1) is 16.4 Å². The van der Waals surface area contributed by atoms with Crippen LogP contribution in [0.2, 0.25) is 0 Å². The van der Waals surface area contributed by atoms with Gasteiger partial charge < -0.3 is 10.0 Å². The van der Waals surface area contributed by atoms with Gasteiger partial charge in [-0.1, -0.05) is 24.3 Å². The van der Waals surface area contributed by atoms with Crippen molar-refractivity contribution in [3.63, 3.8) is 0 Å². The first-order valence-corrected chi connectivity index (χ1v) is 8.12. The first-order chi connectivity index (χ1) is 10.8. The Morgan fingerprint density at radius 2 is 2.09 bits per heavy atom. The molecule has 110 valence electrons. The highest BCUT2D eigenvalue weighted by atomic mass is 32.1. The van der Waals surface area contributed by atoms with Crippen molar-refractivity contribution < 1.29 is 5.11 Å². The first-order valence-electron chi connectivity index (χ1n) is 7.24. The number of anilines is 1. The van der Waals surface area contributed by atoms with Crippen LogP contribution in [-0.4, -0.2) is 28.2 Å². The lowest BCUT2D eigenvalue weighted by molar-refractivity contribution is 0.473. The smallest absolute Gasteiger partial charge is 0.226 e. The van der Waals surface area contributed by atoms with E-state index < -0.39 is 0 Å². The van der Waals surface area contributed by atoms with E-state index in [2.05, 4.69) is 20.9 Å². The molecular formula is C17H15N3OS. The van der Waals surface area contributed by atoms with Crippen molar-refractivity contribution in [2.75, 3.05) is 18.0 Å². The van der Waals surface area contributed by atoms with Gasteiger partial charge >= 0.3 is 0 Å². The molecular weight excluding hydrogens is 294 g/mol. The lowest BCUT2D eigenvalue weighted by atomic mass is 10.0. The average molecular weight is 309 g/mol. The molecule has 5 heteroatoms. The van der Waals surface area contributed by atoms with Crippen LogP contribution in [0.4, 0.5) is 5.95 Å². The molecule has 1 aliphatic rings. The molecule has 0 fully saturated rings. The van der Waals surface area contributed by atoms with Crippen molar-refractivity contribution in [1.29, 1.82) is 0 Å². The molecule has 0 atom stereocenters. The van der Waals surface area contributed by atoms with Crippen LogP contribution in [0.5, 0.6) is 5.75 Å². The molecule has 0 bridgehead atoms. The maximum Gasteiger partial charge on any atom is 0.226 e. The second-order valence-corrected chi connectivity index (χ2v) is 6.24. The zero-order valence-corrected chi connectivity index (χ0v) is 12.8. The summed E-state index contributed by atoms with van der Waals surface area (Å²) in [7, 11) is 0. The summed E-state index contributed by atoms with van der Waals surface area (Å²) in [5.41, 5.74) is 3.01. The van der Waals surface area contributed by atoms with E-state index in [1.54, 1.807) is 17.4 Å². The fourth-order valence-corrected chi connectivity index (χ4v) is 3.45. The number of phenols is 1. The maximum atomic E-state index is 10.0. The van der Waals surface area contributed by atoms with Crippen molar-refractivity contribution in [1.82, 2.24) is 9.97 Å². The van der Waals surface area contributed by atoms with E-state index >= 15 is 0 Å². The van der Waals surface area contributed by atoms with Crippen LogP contribution in [0.15, 0.2) is 48.0 Å². The number of benzene rings is 1. The summed E-state index contributed by atoms with van der Waals surface area (Å²) in [4.78, 5) is 11.3. The van der Waals surface area contributed by atoms with Crippen LogP contribution in [0, 0.1) is 0 Å². The van der Waals surface area contributed by atoms with Gasteiger partial charge in [0, 0.05) is 18.7 Å². The van der Waals surface area contributed by atoms with E-state index in [4.69, 9.17) is 0 Å². The van der Waals surface area contributed by atoms with E-state index in [1.807, 2.05) is 35.8 Å². The molecule has 22 heavy (non-hydrogen) atoms. The Kier molecular flexibility index (Phi) is 3.27. The minimum absolute atomic E-state index is 0.324. The van der Waals surface area contributed by atoms with Crippen molar-refractivity contribution in [2.45, 2.75) is 6.42 Å². The molecule has 0 saturated carbocycles. The second kappa shape index (κ2) is 5.42. The molecule has 0 saturated heterocycles. The van der Waals surface area contributed by atoms with Crippen LogP contribution in [0.3, 0.4) is 0 Å². The van der Waals surface area contributed by atoms with E-state index in [-0.39, 0.29) is 0 Å². The molecule has 0 unspecified atom stereocenters. The Morgan fingerprint density at radius 3 is 3.00 bits per heavy atom. The Labute approximate surface area is 132 Å². The van der Waals surface area contributed by atoms with Gasteiger partial charge in [-0.2, -0.15) is 0 Å². The third-order valence-electron chi connectivity index (χ3n) is 3.87. The van der Waals surface area contributed by atoms with Gasteiger partial charge in [0.2, 0.25) is 5.95 Å². The molecule has 0 radical (unpaired) electrons. The fourth-order valence-electron chi connectivity index (χ4n) is 2.76. The number of para-hydroxylation sites is 1. The largest absolute Gasteiger partial charge is 0.507 e. The summed E-state index contributed by atoms with van der Waals surface area (Å²) in [6.45, 7) is 1.61. The second-order valence-electron chi connectivity index (χ2n) is 5.30. The lowest BCUT2D eigenvalue weighted by Crippen LogP contribution is -2.30. The summed E-state index contributed by atoms with van der Waals surface area (Å²) < 4.78 is 1.11. The minimum Gasteiger partial charge on any atom is -0.507 e. The first kappa shape index (κ1) is 13.3. The predicted octanol–water partition coefficient (Wildman–Crippen LogP) is 3.69. The van der Waals surface area contributed by atoms with Gasteiger partial charge in [-0.15, -0.1) is 11.3 Å². The summed E-state index contributed by atoms with van der Waals surface area (Å²) in [6.07, 6.45) is 5.00. The summed E-state index contributed by atoms with van der Waals surface area (Å²) in [5, 5.41) is 12.1. The van der Waals surface area contributed by atoms with Crippen molar-refractivity contribution in [2.24, 2.45) is 0 Å². The maximum absolute atomic E-state index is 10.0. The number of phenolic OH excluding ortho intramolecular Hbond substituents is 1. The number of aromatic nitrogens is 2. The van der Waals surface area contributed by atoms with E-state index in [1.165, 1.54) is 0 Å². The van der Waals surface area contributed by atoms with Crippen molar-refractivity contribution in [3.05, 3.63) is 53.5 Å². The normalized spacial score (nSPS) is 15.1. The monoisotopic (exact) mass is 309 g/mol. The molecule has 0 amide bonds. The van der Waals surface area contributed by atoms with E-state index in [0.717, 1.165) is 40.3 Å². The lowest BCUT2D eigenvalue weighted by Gasteiger charge is -2.27. The number of rotatable bonds is 2. The number of hydrogen-bond acceptors (Lipinski definition) is 5. The van der Waals surface area contributed by atoms with Gasteiger partial charge in [0.1, 0.15) is 5.75 Å². The molecule has 1 N–H and O–H groups in total. The molecule has 4 nitrogen and oxygen atoms in total. The van der Waals surface area contributed by atoms with Crippen molar-refractivity contribution >= 4 is 33.1 Å². The third-order valence-corrected chi connectivity index (χ3v) is 4.72. The Balaban J connectivity index is 1.65. The van der Waals surface area contributed by atoms with Gasteiger partial charge in [-0.05, 0) is 29.5 Å². The van der Waals surface area contributed by atoms with Crippen LogP contribution < -0.4 is 4.90 Å². The van der Waals surface area contributed by atoms with Crippen LogP contribution >= 0.6 is 11.3 Å². The zero-order chi connectivity index (χ0) is 14.9. The average Bonchev–Trinajstić information content (AvgIpc) is 3.03. The summed E-state index contributed by atoms with van der Waals surface area (Å²) in [6, 6.07) is 9.49. The SMILES string of the molecule is Oc1ccccc1C1=CCCN(c2ncc3sccc3n2)C1. The third kappa shape index (κ3) is 2.33. The van der Waals surface area contributed by atoms with Crippen LogP contribution in [-0.2, 0) is 0 Å². The Bertz CT molecular complexity index is 856. The highest BCUT2D eigenvalue weighted by Crippen LogP contribution is 2.29. The highest BCUT2D eigenvalue weighted by molar-refractivity contribution is 7.17. The Hall–Kier alpha value is -2.40. The summed E-state index contributed by atoms with van der Waals surface area (Å²) in [5.74, 6) is 1.08.